The highest BCUT2D eigenvalue weighted by molar-refractivity contribution is 5.45. The highest BCUT2D eigenvalue weighted by Crippen LogP contribution is 3.03. The predicted octanol–water partition coefficient (Wildman–Crippen LogP) is 3.82. The van der Waals surface area contributed by atoms with E-state index in [-0.39, 0.29) is 0 Å². The summed E-state index contributed by atoms with van der Waals surface area (Å²) in [5, 5.41) is 0. The zero-order chi connectivity index (χ0) is 11.8. The zero-order valence-corrected chi connectivity index (χ0v) is 11.8. The van der Waals surface area contributed by atoms with Gasteiger partial charge in [0.2, 0.25) is 0 Å². The molecule has 0 aromatic carbocycles. The Bertz CT molecular complexity index is 534. The Balaban J connectivity index is 1.65. The van der Waals surface area contributed by atoms with Gasteiger partial charge in [-0.2, -0.15) is 0 Å². The summed E-state index contributed by atoms with van der Waals surface area (Å²) in [4.78, 5) is 0. The zero-order valence-electron chi connectivity index (χ0n) is 11.8. The van der Waals surface area contributed by atoms with E-state index in [1.54, 1.807) is 19.3 Å². The summed E-state index contributed by atoms with van der Waals surface area (Å²) in [5.74, 6) is 10.7. The highest BCUT2D eigenvalue weighted by atomic mass is 15.0. The fourth-order valence-corrected chi connectivity index (χ4v) is 11.4. The van der Waals surface area contributed by atoms with E-state index in [1.165, 1.54) is 47.3 Å². The first-order valence-corrected chi connectivity index (χ1v) is 8.58. The second-order valence-electron chi connectivity index (χ2n) is 9.86. The molecule has 0 nitrogen and oxygen atoms in total. The Morgan fingerprint density at radius 1 is 0.889 bits per heavy atom. The molecule has 18 heavy (non-hydrogen) atoms. The molecule has 0 N–H and O–H groups in total. The second kappa shape index (κ2) is 1.89. The van der Waals surface area contributed by atoms with E-state index in [4.69, 9.17) is 0 Å². The molecular weight excluding hydrogens is 216 g/mol. The minimum absolute atomic E-state index is 0.742. The SMILES string of the molecule is CC1C2C3CC1(C)C1(C)C3C3C4CC5CC4C2C531. The first-order valence-electron chi connectivity index (χ1n) is 8.58. The van der Waals surface area contributed by atoms with Crippen LogP contribution < -0.4 is 0 Å². The molecule has 12 atom stereocenters. The molecule has 12 unspecified atom stereocenters. The van der Waals surface area contributed by atoms with Gasteiger partial charge in [-0.15, -0.1) is 0 Å². The summed E-state index contributed by atoms with van der Waals surface area (Å²) in [6.07, 6.45) is 4.96. The molecule has 0 aliphatic heterocycles. The third kappa shape index (κ3) is 0.416. The van der Waals surface area contributed by atoms with Gasteiger partial charge in [0.1, 0.15) is 0 Å². The third-order valence-electron chi connectivity index (χ3n) is 11.1. The normalized spacial score (nSPS) is 90.5. The Labute approximate surface area is 110 Å². The van der Waals surface area contributed by atoms with Crippen LogP contribution in [0.4, 0.5) is 0 Å². The Kier molecular flexibility index (Phi) is 0.948. The average Bonchev–Trinajstić information content (AvgIpc) is 3.06. The van der Waals surface area contributed by atoms with Crippen LogP contribution in [0.5, 0.6) is 0 Å². The van der Waals surface area contributed by atoms with E-state index in [0.29, 0.717) is 0 Å². The molecule has 9 aliphatic carbocycles. The second-order valence-corrected chi connectivity index (χ2v) is 9.86. The fourth-order valence-electron chi connectivity index (χ4n) is 11.4. The lowest BCUT2D eigenvalue weighted by Gasteiger charge is -2.80. The minimum atomic E-state index is 0.742. The first-order chi connectivity index (χ1) is 8.58. The van der Waals surface area contributed by atoms with E-state index in [2.05, 4.69) is 20.8 Å². The maximum Gasteiger partial charge on any atom is -0.0139 e. The van der Waals surface area contributed by atoms with Crippen molar-refractivity contribution < 1.29 is 0 Å². The minimum Gasteiger partial charge on any atom is -0.0617 e. The molecule has 0 radical (unpaired) electrons. The van der Waals surface area contributed by atoms with Gasteiger partial charge >= 0.3 is 0 Å². The number of fused-ring (bicyclic) bond motifs is 1. The van der Waals surface area contributed by atoms with Gasteiger partial charge in [-0.25, -0.2) is 0 Å². The molecule has 0 aromatic heterocycles. The van der Waals surface area contributed by atoms with Crippen molar-refractivity contribution in [3.63, 3.8) is 0 Å². The van der Waals surface area contributed by atoms with E-state index < -0.39 is 0 Å². The lowest BCUT2D eigenvalue weighted by molar-refractivity contribution is -0.335. The summed E-state index contributed by atoms with van der Waals surface area (Å²) in [7, 11) is 0. The highest BCUT2D eigenvalue weighted by Gasteiger charge is 2.99. The topological polar surface area (TPSA) is 0 Å². The molecule has 0 heteroatoms. The molecule has 10 bridgehead atoms. The average molecular weight is 240 g/mol. The maximum absolute atomic E-state index is 2.79. The molecular formula is C18H24. The molecule has 0 aromatic rings. The van der Waals surface area contributed by atoms with Crippen LogP contribution in [0.15, 0.2) is 0 Å². The lowest BCUT2D eigenvalue weighted by atomic mass is 9.24. The Hall–Kier alpha value is 0. The molecule has 0 amide bonds. The third-order valence-corrected chi connectivity index (χ3v) is 11.1. The Morgan fingerprint density at radius 3 is 2.39 bits per heavy atom. The fraction of sp³-hybridized carbons (Fsp3) is 1.00. The number of hydrogen-bond donors (Lipinski definition) is 0. The van der Waals surface area contributed by atoms with Crippen molar-refractivity contribution in [1.82, 2.24) is 0 Å². The van der Waals surface area contributed by atoms with Crippen molar-refractivity contribution in [1.29, 1.82) is 0 Å². The van der Waals surface area contributed by atoms with Crippen molar-refractivity contribution in [2.45, 2.75) is 40.0 Å². The van der Waals surface area contributed by atoms with Gasteiger partial charge in [-0.3, -0.25) is 0 Å². The Morgan fingerprint density at radius 2 is 1.61 bits per heavy atom. The van der Waals surface area contributed by atoms with Crippen molar-refractivity contribution in [3.05, 3.63) is 0 Å². The van der Waals surface area contributed by atoms with Crippen molar-refractivity contribution >= 4 is 0 Å². The van der Waals surface area contributed by atoms with Crippen LogP contribution in [0, 0.1) is 69.5 Å². The van der Waals surface area contributed by atoms with Gasteiger partial charge in [0, 0.05) is 0 Å². The molecule has 96 valence electrons. The van der Waals surface area contributed by atoms with Gasteiger partial charge in [0.25, 0.3) is 0 Å². The molecule has 0 heterocycles. The predicted molar refractivity (Wildman–Crippen MR) is 69.6 cm³/mol. The smallest absolute Gasteiger partial charge is 0.0139 e. The van der Waals surface area contributed by atoms with Gasteiger partial charge in [0.15, 0.2) is 0 Å². The molecule has 1 spiro atoms. The van der Waals surface area contributed by atoms with Crippen LogP contribution >= 0.6 is 0 Å². The molecule has 9 rings (SSSR count). The largest absolute Gasteiger partial charge is 0.0617 e. The molecule has 0 saturated heterocycles. The van der Waals surface area contributed by atoms with E-state index >= 15 is 0 Å². The standard InChI is InChI=1S/C18H24/c1-7-12-11-6-16(7,2)17(3)14(11)15-10-5-8-4-9(10)13(12)18(8,15)17/h7-15H,4-6H2,1-3H3. The van der Waals surface area contributed by atoms with Gasteiger partial charge in [0.05, 0.1) is 0 Å². The summed E-state index contributed by atoms with van der Waals surface area (Å²) in [6.45, 7) is 8.15. The van der Waals surface area contributed by atoms with Crippen LogP contribution in [0.25, 0.3) is 0 Å². The van der Waals surface area contributed by atoms with Gasteiger partial charge in [-0.05, 0) is 88.8 Å². The van der Waals surface area contributed by atoms with Crippen LogP contribution in [-0.2, 0) is 0 Å². The van der Waals surface area contributed by atoms with Gasteiger partial charge < -0.3 is 0 Å². The summed E-state index contributed by atoms with van der Waals surface area (Å²) >= 11 is 0. The summed E-state index contributed by atoms with van der Waals surface area (Å²) in [6, 6.07) is 0. The van der Waals surface area contributed by atoms with Crippen molar-refractivity contribution in [2.75, 3.05) is 0 Å². The van der Waals surface area contributed by atoms with E-state index in [9.17, 15) is 0 Å². The van der Waals surface area contributed by atoms with Crippen LogP contribution in [0.2, 0.25) is 0 Å². The quantitative estimate of drug-likeness (QED) is 0.604. The first kappa shape index (κ1) is 9.03. The monoisotopic (exact) mass is 240 g/mol. The van der Waals surface area contributed by atoms with E-state index in [0.717, 1.165) is 22.2 Å². The van der Waals surface area contributed by atoms with E-state index in [1.807, 2.05) is 0 Å². The van der Waals surface area contributed by atoms with Crippen LogP contribution in [-0.4, -0.2) is 0 Å². The van der Waals surface area contributed by atoms with Crippen molar-refractivity contribution in [2.24, 2.45) is 69.5 Å². The van der Waals surface area contributed by atoms with Crippen molar-refractivity contribution in [3.8, 4) is 0 Å². The van der Waals surface area contributed by atoms with Gasteiger partial charge in [-0.1, -0.05) is 20.8 Å². The molecule has 9 aliphatic rings. The number of rotatable bonds is 0. The number of hydrogen-bond acceptors (Lipinski definition) is 0. The van der Waals surface area contributed by atoms with Crippen LogP contribution in [0.3, 0.4) is 0 Å². The summed E-state index contributed by atoms with van der Waals surface area (Å²) < 4.78 is 0. The van der Waals surface area contributed by atoms with Crippen LogP contribution in [0.1, 0.15) is 40.0 Å². The molecule has 9 saturated carbocycles. The lowest BCUT2D eigenvalue weighted by Crippen LogP contribution is -2.76. The molecule has 9 fully saturated rings. The summed E-state index contributed by atoms with van der Waals surface area (Å²) in [5.41, 5.74) is 2.44. The maximum atomic E-state index is 2.79.